The molecule has 1 heteroatoms. The van der Waals surface area contributed by atoms with E-state index in [1.54, 1.807) is 0 Å². The van der Waals surface area contributed by atoms with Crippen molar-refractivity contribution >= 4 is 12.2 Å². The van der Waals surface area contributed by atoms with Crippen LogP contribution in [-0.2, 0) is 13.0 Å². The second-order valence-electron chi connectivity index (χ2n) is 5.00. The van der Waals surface area contributed by atoms with Gasteiger partial charge in [-0.2, -0.15) is 0 Å². The molecule has 0 spiro atoms. The Morgan fingerprint density at radius 1 is 1.06 bits per heavy atom. The number of aryl methyl sites for hydroxylation is 2. The van der Waals surface area contributed by atoms with Gasteiger partial charge >= 0.3 is 0 Å². The number of hydrogen-bond donors (Lipinski definition) is 0. The van der Waals surface area contributed by atoms with Crippen molar-refractivity contribution < 1.29 is 0 Å². The topological polar surface area (TPSA) is 4.93 Å². The molecule has 18 heavy (non-hydrogen) atoms. The van der Waals surface area contributed by atoms with Crippen LogP contribution in [0.1, 0.15) is 24.1 Å². The van der Waals surface area contributed by atoms with Gasteiger partial charge < -0.3 is 4.57 Å². The van der Waals surface area contributed by atoms with Gasteiger partial charge in [0.05, 0.1) is 0 Å². The van der Waals surface area contributed by atoms with Crippen LogP contribution in [0.25, 0.3) is 12.2 Å². The van der Waals surface area contributed by atoms with Gasteiger partial charge in [0.2, 0.25) is 0 Å². The summed E-state index contributed by atoms with van der Waals surface area (Å²) in [6, 6.07) is 13.0. The lowest BCUT2D eigenvalue weighted by Gasteiger charge is -2.08. The average molecular weight is 237 g/mol. The van der Waals surface area contributed by atoms with Crippen LogP contribution < -0.4 is 10.6 Å². The van der Waals surface area contributed by atoms with Crippen LogP contribution >= 0.6 is 0 Å². The normalized spacial score (nSPS) is 13.6. The molecule has 0 unspecified atom stereocenters. The number of aromatic nitrogens is 1. The second kappa shape index (κ2) is 4.85. The Hall–Kier alpha value is -1.76. The van der Waals surface area contributed by atoms with Crippen molar-refractivity contribution in [1.29, 1.82) is 0 Å². The first-order valence-electron chi connectivity index (χ1n) is 6.75. The zero-order valence-corrected chi connectivity index (χ0v) is 10.9. The molecule has 0 N–H and O–H groups in total. The van der Waals surface area contributed by atoms with E-state index < -0.39 is 0 Å². The summed E-state index contributed by atoms with van der Waals surface area (Å²) in [5.74, 6) is 0. The second-order valence-corrected chi connectivity index (χ2v) is 5.00. The first-order valence-corrected chi connectivity index (χ1v) is 6.75. The molecule has 1 heterocycles. The van der Waals surface area contributed by atoms with Gasteiger partial charge in [-0.25, -0.2) is 0 Å². The van der Waals surface area contributed by atoms with Gasteiger partial charge in [-0.1, -0.05) is 42.5 Å². The first kappa shape index (κ1) is 11.3. The van der Waals surface area contributed by atoms with Gasteiger partial charge in [0.25, 0.3) is 0 Å². The summed E-state index contributed by atoms with van der Waals surface area (Å²) in [6.07, 6.45) is 8.22. The molecule has 1 aromatic carbocycles. The summed E-state index contributed by atoms with van der Waals surface area (Å²) in [6.45, 7) is 3.29. The third-order valence-electron chi connectivity index (χ3n) is 3.71. The van der Waals surface area contributed by atoms with E-state index in [1.165, 1.54) is 34.7 Å². The van der Waals surface area contributed by atoms with Crippen molar-refractivity contribution in [2.24, 2.45) is 0 Å². The molecule has 0 atom stereocenters. The van der Waals surface area contributed by atoms with Crippen molar-refractivity contribution in [2.75, 3.05) is 0 Å². The minimum absolute atomic E-state index is 1.08. The zero-order chi connectivity index (χ0) is 12.4. The Balaban J connectivity index is 1.88. The molecule has 1 aliphatic carbocycles. The summed E-state index contributed by atoms with van der Waals surface area (Å²) in [4.78, 5) is 0. The predicted molar refractivity (Wildman–Crippen MR) is 76.7 cm³/mol. The van der Waals surface area contributed by atoms with Crippen molar-refractivity contribution in [1.82, 2.24) is 4.57 Å². The summed E-state index contributed by atoms with van der Waals surface area (Å²) >= 11 is 0. The first-order chi connectivity index (χ1) is 8.84. The minimum atomic E-state index is 1.08. The van der Waals surface area contributed by atoms with Gasteiger partial charge in [-0.15, -0.1) is 0 Å². The maximum Gasteiger partial charge on any atom is 0.0438 e. The molecule has 1 nitrogen and oxygen atoms in total. The van der Waals surface area contributed by atoms with Crippen LogP contribution in [-0.4, -0.2) is 4.57 Å². The lowest BCUT2D eigenvalue weighted by Crippen LogP contribution is -2.31. The maximum atomic E-state index is 2.46. The molecule has 0 saturated carbocycles. The van der Waals surface area contributed by atoms with Crippen LogP contribution in [0, 0.1) is 6.92 Å². The highest BCUT2D eigenvalue weighted by molar-refractivity contribution is 5.37. The van der Waals surface area contributed by atoms with Crippen molar-refractivity contribution in [2.45, 2.75) is 32.7 Å². The van der Waals surface area contributed by atoms with E-state index in [0.717, 1.165) is 13.0 Å². The van der Waals surface area contributed by atoms with Gasteiger partial charge in [-0.3, -0.25) is 0 Å². The van der Waals surface area contributed by atoms with E-state index in [2.05, 4.69) is 60.0 Å². The fraction of sp³-hybridized carbons (Fsp3) is 0.294. The Labute approximate surface area is 108 Å². The molecule has 0 aliphatic heterocycles. The molecule has 2 aromatic rings. The largest absolute Gasteiger partial charge is 0.345 e. The Bertz CT molecular complexity index is 647. The lowest BCUT2D eigenvalue weighted by atomic mass is 10.1. The quantitative estimate of drug-likeness (QED) is 0.772. The fourth-order valence-corrected chi connectivity index (χ4v) is 2.76. The third-order valence-corrected chi connectivity index (χ3v) is 3.71. The van der Waals surface area contributed by atoms with E-state index in [4.69, 9.17) is 0 Å². The molecule has 92 valence electrons. The van der Waals surface area contributed by atoms with Crippen molar-refractivity contribution in [3.05, 3.63) is 58.2 Å². The number of hydrogen-bond acceptors (Lipinski definition) is 0. The summed E-state index contributed by atoms with van der Waals surface area (Å²) in [5.41, 5.74) is 2.80. The zero-order valence-electron chi connectivity index (χ0n) is 10.9. The number of fused-ring (bicyclic) bond motifs is 1. The van der Waals surface area contributed by atoms with E-state index in [0.29, 0.717) is 0 Å². The fourth-order valence-electron chi connectivity index (χ4n) is 2.76. The van der Waals surface area contributed by atoms with E-state index in [1.807, 2.05) is 0 Å². The van der Waals surface area contributed by atoms with Gasteiger partial charge in [-0.05, 0) is 43.0 Å². The highest BCUT2D eigenvalue weighted by Crippen LogP contribution is 2.04. The number of nitrogens with zero attached hydrogens (tertiary/aromatic N) is 1. The standard InChI is InChI=1S/C17H19N/c1-14-13-16-9-5-6-10-17(16)18(14)12-11-15-7-3-2-4-8-15/h2-4,7-10,13H,5-6,11-12H2,1H3. The van der Waals surface area contributed by atoms with Crippen LogP contribution in [0.2, 0.25) is 0 Å². The SMILES string of the molecule is Cc1cc2c(n1CCc1ccccc1)=CCCC=2. The number of rotatable bonds is 3. The molecular weight excluding hydrogens is 218 g/mol. The predicted octanol–water partition coefficient (Wildman–Crippen LogP) is 2.39. The monoisotopic (exact) mass is 237 g/mol. The summed E-state index contributed by atoms with van der Waals surface area (Å²) in [5, 5.41) is 2.85. The van der Waals surface area contributed by atoms with E-state index >= 15 is 0 Å². The highest BCUT2D eigenvalue weighted by atomic mass is 15.0. The Morgan fingerprint density at radius 2 is 1.83 bits per heavy atom. The van der Waals surface area contributed by atoms with Crippen LogP contribution in [0.5, 0.6) is 0 Å². The number of benzene rings is 1. The van der Waals surface area contributed by atoms with Gasteiger partial charge in [0, 0.05) is 17.6 Å². The summed E-state index contributed by atoms with van der Waals surface area (Å²) in [7, 11) is 0. The van der Waals surface area contributed by atoms with E-state index in [9.17, 15) is 0 Å². The van der Waals surface area contributed by atoms with Crippen molar-refractivity contribution in [3.8, 4) is 0 Å². The van der Waals surface area contributed by atoms with Gasteiger partial charge in [0.15, 0.2) is 0 Å². The lowest BCUT2D eigenvalue weighted by molar-refractivity contribution is 0.661. The molecule has 0 bridgehead atoms. The highest BCUT2D eigenvalue weighted by Gasteiger charge is 2.04. The molecule has 0 amide bonds. The molecule has 3 rings (SSSR count). The molecule has 1 aromatic heterocycles. The third kappa shape index (κ3) is 2.13. The Kier molecular flexibility index (Phi) is 3.06. The minimum Gasteiger partial charge on any atom is -0.345 e. The average Bonchev–Trinajstić information content (AvgIpc) is 2.73. The molecule has 1 aliphatic rings. The molecule has 0 radical (unpaired) electrons. The van der Waals surface area contributed by atoms with E-state index in [-0.39, 0.29) is 0 Å². The van der Waals surface area contributed by atoms with Gasteiger partial charge in [0.1, 0.15) is 0 Å². The maximum absolute atomic E-state index is 2.46. The van der Waals surface area contributed by atoms with Crippen LogP contribution in [0.3, 0.4) is 0 Å². The Morgan fingerprint density at radius 3 is 2.67 bits per heavy atom. The smallest absolute Gasteiger partial charge is 0.0438 e. The van der Waals surface area contributed by atoms with Crippen LogP contribution in [0.15, 0.2) is 36.4 Å². The summed E-state index contributed by atoms with van der Waals surface area (Å²) < 4.78 is 2.46. The molecular formula is C17H19N. The molecule has 0 fully saturated rings. The van der Waals surface area contributed by atoms with Crippen LogP contribution in [0.4, 0.5) is 0 Å². The van der Waals surface area contributed by atoms with Crippen molar-refractivity contribution in [3.63, 3.8) is 0 Å². The molecule has 0 saturated heterocycles.